The van der Waals surface area contributed by atoms with Crippen LogP contribution in [0.5, 0.6) is 0 Å². The predicted molar refractivity (Wildman–Crippen MR) is 62.7 cm³/mol. The minimum atomic E-state index is -0.573. The van der Waals surface area contributed by atoms with Crippen molar-refractivity contribution in [3.8, 4) is 0 Å². The summed E-state index contributed by atoms with van der Waals surface area (Å²) in [5.74, 6) is -1.05. The van der Waals surface area contributed by atoms with Gasteiger partial charge in [-0.15, -0.1) is 0 Å². The minimum Gasteiger partial charge on any atom is -0.465 e. The lowest BCUT2D eigenvalue weighted by atomic mass is 10.1. The van der Waals surface area contributed by atoms with Crippen molar-refractivity contribution < 1.29 is 18.7 Å². The molecule has 1 aromatic rings. The Morgan fingerprint density at radius 2 is 2.18 bits per heavy atom. The summed E-state index contributed by atoms with van der Waals surface area (Å²) in [5.41, 5.74) is 0.707. The Balaban J connectivity index is 2.94. The van der Waals surface area contributed by atoms with E-state index in [1.54, 1.807) is 7.11 Å². The van der Waals surface area contributed by atoms with Crippen LogP contribution in [0.1, 0.15) is 17.3 Å². The predicted octanol–water partition coefficient (Wildman–Crippen LogP) is 2.06. The highest BCUT2D eigenvalue weighted by Gasteiger charge is 2.14. The first kappa shape index (κ1) is 13.4. The van der Waals surface area contributed by atoms with Gasteiger partial charge in [-0.3, -0.25) is 0 Å². The van der Waals surface area contributed by atoms with Gasteiger partial charge >= 0.3 is 5.97 Å². The van der Waals surface area contributed by atoms with Gasteiger partial charge in [0.05, 0.1) is 19.3 Å². The van der Waals surface area contributed by atoms with Crippen molar-refractivity contribution in [2.75, 3.05) is 26.1 Å². The Kier molecular flexibility index (Phi) is 4.90. The van der Waals surface area contributed by atoms with Gasteiger partial charge in [-0.2, -0.15) is 0 Å². The van der Waals surface area contributed by atoms with E-state index in [1.807, 2.05) is 6.92 Å². The van der Waals surface area contributed by atoms with Gasteiger partial charge in [0.1, 0.15) is 5.82 Å². The van der Waals surface area contributed by atoms with E-state index < -0.39 is 11.8 Å². The molecule has 1 atom stereocenters. The lowest BCUT2D eigenvalue weighted by molar-refractivity contribution is 0.0601. The van der Waals surface area contributed by atoms with Crippen LogP contribution in [0.4, 0.5) is 10.1 Å². The van der Waals surface area contributed by atoms with Gasteiger partial charge in [-0.25, -0.2) is 9.18 Å². The fourth-order valence-corrected chi connectivity index (χ4v) is 1.48. The molecule has 1 aromatic carbocycles. The minimum absolute atomic E-state index is 0.00821. The van der Waals surface area contributed by atoms with Crippen molar-refractivity contribution in [1.29, 1.82) is 0 Å². The van der Waals surface area contributed by atoms with Gasteiger partial charge in [0.2, 0.25) is 0 Å². The van der Waals surface area contributed by atoms with E-state index in [0.29, 0.717) is 12.3 Å². The van der Waals surface area contributed by atoms with Crippen molar-refractivity contribution in [3.63, 3.8) is 0 Å². The number of carbonyl (C=O) groups is 1. The molecule has 1 unspecified atom stereocenters. The van der Waals surface area contributed by atoms with E-state index in [-0.39, 0.29) is 11.6 Å². The van der Waals surface area contributed by atoms with Crippen LogP contribution in [0.3, 0.4) is 0 Å². The number of hydrogen-bond donors (Lipinski definition) is 1. The summed E-state index contributed by atoms with van der Waals surface area (Å²) in [6.07, 6.45) is 0. The Bertz CT molecular complexity index is 395. The normalized spacial score (nSPS) is 12.0. The lowest BCUT2D eigenvalue weighted by Crippen LogP contribution is -2.22. The van der Waals surface area contributed by atoms with E-state index >= 15 is 0 Å². The first-order valence-corrected chi connectivity index (χ1v) is 5.21. The molecule has 0 saturated carbocycles. The van der Waals surface area contributed by atoms with Crippen LogP contribution < -0.4 is 5.32 Å². The molecule has 5 heteroatoms. The van der Waals surface area contributed by atoms with Crippen molar-refractivity contribution in [1.82, 2.24) is 0 Å². The van der Waals surface area contributed by atoms with Gasteiger partial charge in [-0.1, -0.05) is 0 Å². The monoisotopic (exact) mass is 241 g/mol. The van der Waals surface area contributed by atoms with Gasteiger partial charge in [0.25, 0.3) is 0 Å². The largest absolute Gasteiger partial charge is 0.465 e. The number of ether oxygens (including phenoxy) is 2. The molecule has 4 nitrogen and oxygen atoms in total. The maximum Gasteiger partial charge on any atom is 0.340 e. The summed E-state index contributed by atoms with van der Waals surface area (Å²) in [7, 11) is 2.85. The Morgan fingerprint density at radius 3 is 2.76 bits per heavy atom. The third-order valence-electron chi connectivity index (χ3n) is 2.21. The molecule has 0 aliphatic heterocycles. The molecule has 1 rings (SSSR count). The summed E-state index contributed by atoms with van der Waals surface area (Å²) in [5, 5.41) is 3.06. The quantitative estimate of drug-likeness (QED) is 0.801. The number of hydrogen-bond acceptors (Lipinski definition) is 4. The van der Waals surface area contributed by atoms with Crippen molar-refractivity contribution in [2.24, 2.45) is 0 Å². The molecule has 0 aliphatic rings. The second-order valence-electron chi connectivity index (χ2n) is 3.68. The third kappa shape index (κ3) is 3.71. The highest BCUT2D eigenvalue weighted by Crippen LogP contribution is 2.19. The molecule has 17 heavy (non-hydrogen) atoms. The molecule has 0 fully saturated rings. The van der Waals surface area contributed by atoms with E-state index in [4.69, 9.17) is 4.74 Å². The summed E-state index contributed by atoms with van der Waals surface area (Å²) >= 11 is 0. The highest BCUT2D eigenvalue weighted by atomic mass is 19.1. The summed E-state index contributed by atoms with van der Waals surface area (Å²) in [6.45, 7) is 2.38. The number of carbonyl (C=O) groups excluding carboxylic acids is 1. The molecule has 0 saturated heterocycles. The van der Waals surface area contributed by atoms with Crippen molar-refractivity contribution in [3.05, 3.63) is 29.6 Å². The SMILES string of the molecule is COCC(C)Nc1ccc(F)cc1C(=O)OC. The number of halogens is 1. The average Bonchev–Trinajstić information content (AvgIpc) is 2.30. The molecule has 0 radical (unpaired) electrons. The Morgan fingerprint density at radius 1 is 1.47 bits per heavy atom. The van der Waals surface area contributed by atoms with E-state index in [2.05, 4.69) is 10.1 Å². The van der Waals surface area contributed by atoms with E-state index in [0.717, 1.165) is 6.07 Å². The Labute approximate surface area is 99.7 Å². The molecule has 0 amide bonds. The van der Waals surface area contributed by atoms with Gasteiger partial charge in [-0.05, 0) is 25.1 Å². The fourth-order valence-electron chi connectivity index (χ4n) is 1.48. The first-order valence-electron chi connectivity index (χ1n) is 5.21. The standard InChI is InChI=1S/C12H16FNO3/c1-8(7-16-2)14-11-5-4-9(13)6-10(11)12(15)17-3/h4-6,8,14H,7H2,1-3H3. The smallest absolute Gasteiger partial charge is 0.340 e. The maximum absolute atomic E-state index is 13.1. The first-order chi connectivity index (χ1) is 8.08. The molecule has 1 N–H and O–H groups in total. The zero-order chi connectivity index (χ0) is 12.8. The van der Waals surface area contributed by atoms with E-state index in [9.17, 15) is 9.18 Å². The number of nitrogens with one attached hydrogen (secondary N) is 1. The molecule has 0 aliphatic carbocycles. The highest BCUT2D eigenvalue weighted by molar-refractivity contribution is 5.95. The summed E-state index contributed by atoms with van der Waals surface area (Å²) in [6, 6.07) is 3.95. The third-order valence-corrected chi connectivity index (χ3v) is 2.21. The number of benzene rings is 1. The van der Waals surface area contributed by atoms with Crippen LogP contribution in [-0.2, 0) is 9.47 Å². The summed E-state index contributed by atoms with van der Waals surface area (Å²) < 4.78 is 22.6. The topological polar surface area (TPSA) is 47.6 Å². The molecule has 94 valence electrons. The number of methoxy groups -OCH3 is 2. The average molecular weight is 241 g/mol. The molecule has 0 heterocycles. The molecular formula is C12H16FNO3. The van der Waals surface area contributed by atoms with Crippen LogP contribution in [0.15, 0.2) is 18.2 Å². The molecule has 0 bridgehead atoms. The van der Waals surface area contributed by atoms with Crippen LogP contribution >= 0.6 is 0 Å². The molecule has 0 spiro atoms. The lowest BCUT2D eigenvalue weighted by Gasteiger charge is -2.16. The van der Waals surface area contributed by atoms with Crippen LogP contribution in [0, 0.1) is 5.82 Å². The van der Waals surface area contributed by atoms with Gasteiger partial charge < -0.3 is 14.8 Å². The molecule has 0 aromatic heterocycles. The van der Waals surface area contributed by atoms with Crippen LogP contribution in [0.25, 0.3) is 0 Å². The zero-order valence-corrected chi connectivity index (χ0v) is 10.1. The number of anilines is 1. The zero-order valence-electron chi connectivity index (χ0n) is 10.1. The molecular weight excluding hydrogens is 225 g/mol. The van der Waals surface area contributed by atoms with E-state index in [1.165, 1.54) is 19.2 Å². The maximum atomic E-state index is 13.1. The number of rotatable bonds is 5. The van der Waals surface area contributed by atoms with Crippen molar-refractivity contribution >= 4 is 11.7 Å². The van der Waals surface area contributed by atoms with Crippen LogP contribution in [-0.4, -0.2) is 32.8 Å². The number of esters is 1. The van der Waals surface area contributed by atoms with Gasteiger partial charge in [0, 0.05) is 18.8 Å². The van der Waals surface area contributed by atoms with Crippen molar-refractivity contribution in [2.45, 2.75) is 13.0 Å². The second kappa shape index (κ2) is 6.20. The van der Waals surface area contributed by atoms with Gasteiger partial charge in [0.15, 0.2) is 0 Å². The second-order valence-corrected chi connectivity index (χ2v) is 3.68. The summed E-state index contributed by atoms with van der Waals surface area (Å²) in [4.78, 5) is 11.5. The van der Waals surface area contributed by atoms with Crippen LogP contribution in [0.2, 0.25) is 0 Å². The Hall–Kier alpha value is -1.62. The fraction of sp³-hybridized carbons (Fsp3) is 0.417.